The number of likely N-dealkylation sites (tertiary alicyclic amines) is 1. The minimum Gasteiger partial charge on any atom is -0.338 e. The number of hydrogen-bond donors (Lipinski definition) is 0. The van der Waals surface area contributed by atoms with E-state index in [0.717, 1.165) is 35.0 Å². The van der Waals surface area contributed by atoms with Gasteiger partial charge in [0.2, 0.25) is 5.91 Å². The van der Waals surface area contributed by atoms with Crippen LogP contribution in [-0.4, -0.2) is 22.3 Å². The third-order valence-corrected chi connectivity index (χ3v) is 4.69. The van der Waals surface area contributed by atoms with Gasteiger partial charge in [-0.3, -0.25) is 4.79 Å². The maximum Gasteiger partial charge on any atom is 0.222 e. The molecule has 0 radical (unpaired) electrons. The minimum absolute atomic E-state index is 0.177. The normalized spacial score (nSPS) is 14.0. The summed E-state index contributed by atoms with van der Waals surface area (Å²) in [6.07, 6.45) is 1.51. The number of aromatic nitrogens is 1. The van der Waals surface area contributed by atoms with Crippen molar-refractivity contribution in [3.05, 3.63) is 65.6 Å². The Labute approximate surface area is 150 Å². The number of amides is 1. The highest BCUT2D eigenvalue weighted by Gasteiger charge is 2.20. The quantitative estimate of drug-likeness (QED) is 0.720. The van der Waals surface area contributed by atoms with E-state index in [-0.39, 0.29) is 11.7 Å². The van der Waals surface area contributed by atoms with Crippen LogP contribution >= 0.6 is 0 Å². The molecule has 0 bridgehead atoms. The summed E-state index contributed by atoms with van der Waals surface area (Å²) in [5.41, 5.74) is 3.67. The molecule has 2 aromatic carbocycles. The standard InChI is InChI=1S/C21H16FN3O/c22-16-6-4-15(5-7-16)19-11-17(12-23)24-20-10-14(3-8-18(19)20)13-25-9-1-2-21(25)26/h3-8,10-11H,1-2,9,13H2. The second kappa shape index (κ2) is 6.57. The Kier molecular flexibility index (Phi) is 4.10. The molecule has 4 rings (SSSR count). The van der Waals surface area contributed by atoms with E-state index in [4.69, 9.17) is 0 Å². The van der Waals surface area contributed by atoms with Crippen molar-refractivity contribution < 1.29 is 9.18 Å². The molecule has 1 aliphatic heterocycles. The van der Waals surface area contributed by atoms with Gasteiger partial charge in [-0.1, -0.05) is 24.3 Å². The summed E-state index contributed by atoms with van der Waals surface area (Å²) < 4.78 is 13.2. The molecule has 1 amide bonds. The van der Waals surface area contributed by atoms with Crippen LogP contribution in [0.2, 0.25) is 0 Å². The molecule has 0 unspecified atom stereocenters. The van der Waals surface area contributed by atoms with Crippen LogP contribution in [0.1, 0.15) is 24.1 Å². The zero-order valence-electron chi connectivity index (χ0n) is 14.1. The molecule has 0 saturated carbocycles. The van der Waals surface area contributed by atoms with E-state index in [1.54, 1.807) is 18.2 Å². The molecule has 128 valence electrons. The maximum atomic E-state index is 13.2. The summed E-state index contributed by atoms with van der Waals surface area (Å²) in [6.45, 7) is 1.34. The van der Waals surface area contributed by atoms with Gasteiger partial charge < -0.3 is 4.90 Å². The highest BCUT2D eigenvalue weighted by atomic mass is 19.1. The predicted octanol–water partition coefficient (Wildman–Crippen LogP) is 4.03. The highest BCUT2D eigenvalue weighted by molar-refractivity contribution is 5.95. The first kappa shape index (κ1) is 16.2. The van der Waals surface area contributed by atoms with Crippen LogP contribution < -0.4 is 0 Å². The zero-order valence-corrected chi connectivity index (χ0v) is 14.1. The summed E-state index contributed by atoms with van der Waals surface area (Å²) in [5, 5.41) is 10.2. The summed E-state index contributed by atoms with van der Waals surface area (Å²) >= 11 is 0. The summed E-state index contributed by atoms with van der Waals surface area (Å²) in [6, 6.07) is 15.9. The third kappa shape index (κ3) is 3.02. The van der Waals surface area contributed by atoms with Crippen molar-refractivity contribution in [3.8, 4) is 17.2 Å². The lowest BCUT2D eigenvalue weighted by molar-refractivity contribution is -0.128. The van der Waals surface area contributed by atoms with Crippen LogP contribution in [0.5, 0.6) is 0 Å². The average molecular weight is 345 g/mol. The van der Waals surface area contributed by atoms with Gasteiger partial charge in [-0.05, 0) is 47.4 Å². The van der Waals surface area contributed by atoms with Crippen molar-refractivity contribution in [3.63, 3.8) is 0 Å². The molecular weight excluding hydrogens is 329 g/mol. The van der Waals surface area contributed by atoms with Crippen molar-refractivity contribution in [2.45, 2.75) is 19.4 Å². The second-order valence-electron chi connectivity index (χ2n) is 6.44. The lowest BCUT2D eigenvalue weighted by Gasteiger charge is -2.16. The Bertz CT molecular complexity index is 1040. The minimum atomic E-state index is -0.301. The smallest absolute Gasteiger partial charge is 0.222 e. The first-order chi connectivity index (χ1) is 12.6. The Hall–Kier alpha value is -3.26. The van der Waals surface area contributed by atoms with Crippen LogP contribution in [0, 0.1) is 17.1 Å². The highest BCUT2D eigenvalue weighted by Crippen LogP contribution is 2.30. The molecule has 0 aliphatic carbocycles. The lowest BCUT2D eigenvalue weighted by Crippen LogP contribution is -2.23. The number of rotatable bonds is 3. The van der Waals surface area contributed by atoms with Gasteiger partial charge >= 0.3 is 0 Å². The van der Waals surface area contributed by atoms with Gasteiger partial charge in [0.1, 0.15) is 17.6 Å². The average Bonchev–Trinajstić information content (AvgIpc) is 3.06. The van der Waals surface area contributed by atoms with Crippen molar-refractivity contribution in [2.75, 3.05) is 6.54 Å². The molecule has 5 heteroatoms. The van der Waals surface area contributed by atoms with Crippen LogP contribution in [0.15, 0.2) is 48.5 Å². The maximum absolute atomic E-state index is 13.2. The summed E-state index contributed by atoms with van der Waals surface area (Å²) in [5.74, 6) is -0.124. The lowest BCUT2D eigenvalue weighted by atomic mass is 9.99. The summed E-state index contributed by atoms with van der Waals surface area (Å²) in [4.78, 5) is 18.1. The van der Waals surface area contributed by atoms with Crippen molar-refractivity contribution in [1.29, 1.82) is 5.26 Å². The van der Waals surface area contributed by atoms with E-state index >= 15 is 0 Å². The number of carbonyl (C=O) groups excluding carboxylic acids is 1. The Morgan fingerprint density at radius 3 is 2.65 bits per heavy atom. The number of benzene rings is 2. The number of fused-ring (bicyclic) bond motifs is 1. The van der Waals surface area contributed by atoms with Gasteiger partial charge in [0.05, 0.1) is 5.52 Å². The number of halogens is 1. The van der Waals surface area contributed by atoms with Gasteiger partial charge in [0, 0.05) is 24.9 Å². The molecule has 1 aromatic heterocycles. The fourth-order valence-electron chi connectivity index (χ4n) is 3.39. The van der Waals surface area contributed by atoms with Gasteiger partial charge in [0.15, 0.2) is 0 Å². The first-order valence-corrected chi connectivity index (χ1v) is 8.51. The number of nitriles is 1. The fraction of sp³-hybridized carbons (Fsp3) is 0.190. The molecule has 1 fully saturated rings. The predicted molar refractivity (Wildman–Crippen MR) is 96.5 cm³/mol. The Morgan fingerprint density at radius 2 is 1.96 bits per heavy atom. The molecule has 1 aliphatic rings. The largest absolute Gasteiger partial charge is 0.338 e. The number of pyridine rings is 1. The Morgan fingerprint density at radius 1 is 1.15 bits per heavy atom. The molecule has 3 aromatic rings. The molecular formula is C21H16FN3O. The number of hydrogen-bond acceptors (Lipinski definition) is 3. The third-order valence-electron chi connectivity index (χ3n) is 4.69. The van der Waals surface area contributed by atoms with E-state index < -0.39 is 0 Å². The van der Waals surface area contributed by atoms with Crippen molar-refractivity contribution in [1.82, 2.24) is 9.88 Å². The molecule has 0 spiro atoms. The Balaban J connectivity index is 1.79. The zero-order chi connectivity index (χ0) is 18.1. The second-order valence-corrected chi connectivity index (χ2v) is 6.44. The molecule has 0 atom stereocenters. The van der Waals surface area contributed by atoms with E-state index in [9.17, 15) is 14.4 Å². The van der Waals surface area contributed by atoms with E-state index in [1.807, 2.05) is 23.1 Å². The van der Waals surface area contributed by atoms with Crippen LogP contribution in [0.3, 0.4) is 0 Å². The van der Waals surface area contributed by atoms with Gasteiger partial charge in [0.25, 0.3) is 0 Å². The SMILES string of the molecule is N#Cc1cc(-c2ccc(F)cc2)c2ccc(CN3CCCC3=O)cc2n1. The van der Waals surface area contributed by atoms with Crippen LogP contribution in [0.4, 0.5) is 4.39 Å². The van der Waals surface area contributed by atoms with Crippen LogP contribution in [-0.2, 0) is 11.3 Å². The van der Waals surface area contributed by atoms with Crippen molar-refractivity contribution >= 4 is 16.8 Å². The van der Waals surface area contributed by atoms with Gasteiger partial charge in [-0.25, -0.2) is 9.37 Å². The topological polar surface area (TPSA) is 57.0 Å². The molecule has 4 nitrogen and oxygen atoms in total. The fourth-order valence-corrected chi connectivity index (χ4v) is 3.39. The number of carbonyl (C=O) groups is 1. The van der Waals surface area contributed by atoms with Crippen LogP contribution in [0.25, 0.3) is 22.0 Å². The van der Waals surface area contributed by atoms with E-state index in [2.05, 4.69) is 11.1 Å². The molecule has 0 N–H and O–H groups in total. The van der Waals surface area contributed by atoms with Gasteiger partial charge in [-0.2, -0.15) is 5.26 Å². The molecule has 2 heterocycles. The van der Waals surface area contributed by atoms with E-state index in [0.29, 0.717) is 24.2 Å². The first-order valence-electron chi connectivity index (χ1n) is 8.51. The monoisotopic (exact) mass is 345 g/mol. The number of nitrogens with zero attached hydrogens (tertiary/aromatic N) is 3. The summed E-state index contributed by atoms with van der Waals surface area (Å²) in [7, 11) is 0. The van der Waals surface area contributed by atoms with E-state index in [1.165, 1.54) is 12.1 Å². The molecule has 26 heavy (non-hydrogen) atoms. The van der Waals surface area contributed by atoms with Gasteiger partial charge in [-0.15, -0.1) is 0 Å². The van der Waals surface area contributed by atoms with Crippen molar-refractivity contribution in [2.24, 2.45) is 0 Å². The molecule has 1 saturated heterocycles.